The molecule has 0 amide bonds. The summed E-state index contributed by atoms with van der Waals surface area (Å²) in [6.45, 7) is 6.02. The summed E-state index contributed by atoms with van der Waals surface area (Å²) >= 11 is 15.6. The molecule has 2 rings (SSSR count). The summed E-state index contributed by atoms with van der Waals surface area (Å²) in [6.07, 6.45) is 7.98. The molecule has 0 N–H and O–H groups in total. The normalized spacial score (nSPS) is 8.08. The third-order valence-corrected chi connectivity index (χ3v) is 3.07. The largest absolute Gasteiger partial charge is 0.319 e. The fourth-order valence-electron chi connectivity index (χ4n) is 1.50. The molecule has 0 saturated heterocycles. The summed E-state index contributed by atoms with van der Waals surface area (Å²) in [4.78, 5) is 0. The number of hydrogen-bond donors (Lipinski definition) is 0. The molecule has 0 aliphatic carbocycles. The third kappa shape index (κ3) is 28.4. The van der Waals surface area contributed by atoms with E-state index in [1.54, 1.807) is 18.2 Å². The Morgan fingerprint density at radius 3 is 1.54 bits per heavy atom. The van der Waals surface area contributed by atoms with Gasteiger partial charge in [0.15, 0.2) is 0 Å². The van der Waals surface area contributed by atoms with Crippen LogP contribution in [0.1, 0.15) is 45.4 Å². The predicted molar refractivity (Wildman–Crippen MR) is 99.5 cm³/mol. The van der Waals surface area contributed by atoms with Gasteiger partial charge in [0.05, 0.1) is 0 Å². The van der Waals surface area contributed by atoms with Gasteiger partial charge in [-0.3, -0.25) is 24.3 Å². The van der Waals surface area contributed by atoms with Crippen LogP contribution >= 0.6 is 23.2 Å². The zero-order chi connectivity index (χ0) is 20.5. The van der Waals surface area contributed by atoms with Crippen LogP contribution in [0.4, 0.5) is 0 Å². The van der Waals surface area contributed by atoms with E-state index in [4.69, 9.17) is 30.9 Å². The molecule has 2 nitrogen and oxygen atoms in total. The second kappa shape index (κ2) is 29.4. The van der Waals surface area contributed by atoms with E-state index in [0.29, 0.717) is 10.0 Å². The number of hydrogen-bond acceptors (Lipinski definition) is 2. The van der Waals surface area contributed by atoms with E-state index in [-0.39, 0.29) is 0 Å². The van der Waals surface area contributed by atoms with Gasteiger partial charge < -0.3 is 19.1 Å². The zero-order valence-corrected chi connectivity index (χ0v) is 18.3. The van der Waals surface area contributed by atoms with E-state index in [1.807, 2.05) is 24.3 Å². The second-order valence-electron chi connectivity index (χ2n) is 4.61. The van der Waals surface area contributed by atoms with E-state index < -0.39 is 0 Å². The summed E-state index contributed by atoms with van der Waals surface area (Å²) in [5.41, 5.74) is 0. The predicted octanol–water partition coefficient (Wildman–Crippen LogP) is 7.02. The average molecular weight is 485 g/mol. The Kier molecular flexibility index (Phi) is 34.3. The van der Waals surface area contributed by atoms with Crippen LogP contribution in [0.3, 0.4) is 0 Å². The van der Waals surface area contributed by atoms with Crippen LogP contribution in [0, 0.1) is 25.1 Å². The zero-order valence-electron chi connectivity index (χ0n) is 14.7. The molecule has 0 unspecified atom stereocenters. The quantitative estimate of drug-likeness (QED) is 0.337. The Balaban J connectivity index is -0.000000280. The summed E-state index contributed by atoms with van der Waals surface area (Å²) in [5.74, 6) is 0. The van der Waals surface area contributed by atoms with Gasteiger partial charge in [0, 0.05) is 0 Å². The molecule has 26 heavy (non-hydrogen) atoms. The fourth-order valence-corrected chi connectivity index (χ4v) is 1.90. The average Bonchev–Trinajstić information content (AvgIpc) is 2.71. The molecule has 0 bridgehead atoms. The maximum atomic E-state index is 7.94. The molecule has 6 heteroatoms. The number of halogens is 2. The van der Waals surface area contributed by atoms with E-state index >= 15 is 0 Å². The second-order valence-corrected chi connectivity index (χ2v) is 5.43. The van der Waals surface area contributed by atoms with Gasteiger partial charge in [-0.25, -0.2) is 0 Å². The van der Waals surface area contributed by atoms with Crippen molar-refractivity contribution in [1.82, 2.24) is 0 Å². The summed E-state index contributed by atoms with van der Waals surface area (Å²) in [6, 6.07) is 20.9. The molecule has 0 radical (unpaired) electrons. The summed E-state index contributed by atoms with van der Waals surface area (Å²) in [5, 5.41) is 1.11. The minimum absolute atomic E-state index is 0.553. The Labute approximate surface area is 184 Å². The van der Waals surface area contributed by atoms with Crippen LogP contribution in [0.2, 0.25) is 10.0 Å². The van der Waals surface area contributed by atoms with Gasteiger partial charge in [-0.15, -0.1) is 29.3 Å². The van der Waals surface area contributed by atoms with Crippen LogP contribution in [-0.4, -0.2) is 0 Å². The van der Waals surface area contributed by atoms with Crippen LogP contribution < -0.4 is 0 Å². The molecule has 0 saturated carbocycles. The van der Waals surface area contributed by atoms with Gasteiger partial charge in [-0.1, -0.05) is 49.1 Å². The van der Waals surface area contributed by atoms with Crippen molar-refractivity contribution in [3.8, 4) is 0 Å². The van der Waals surface area contributed by atoms with Crippen molar-refractivity contribution >= 4 is 23.2 Å². The molecule has 0 aliphatic rings. The first-order chi connectivity index (χ1) is 12.7. The Hall–Kier alpha value is -0.367. The molecule has 0 aliphatic heterocycles. The SMILES string of the molecule is Clc1[c-]c(Cl)ccc1.[CH2-]CCCCCCC.[O]=[Co].[O]=[Co].[c-]1cc[c-]cc1. The standard InChI is InChI=1S/C8H17.C6H3Cl2.C6H4.2Co.2O/c1-3-5-7-8-6-4-2;7-5-2-1-3-6(8)4-5;1-2-4-6-5-3-1;;;;/h1,3-8H2,2H3;1-3H;1-2,5-6H;;;;/q2*-1;-2;;;;. The van der Waals surface area contributed by atoms with E-state index in [9.17, 15) is 0 Å². The smallest absolute Gasteiger partial charge is 0.288 e. The van der Waals surface area contributed by atoms with Crippen molar-refractivity contribution in [2.45, 2.75) is 45.4 Å². The molecule has 0 aromatic heterocycles. The van der Waals surface area contributed by atoms with Crippen molar-refractivity contribution in [3.63, 3.8) is 0 Å². The van der Waals surface area contributed by atoms with Gasteiger partial charge in [-0.05, 0) is 0 Å². The monoisotopic (exact) mass is 484 g/mol. The van der Waals surface area contributed by atoms with Gasteiger partial charge >= 0.3 is 39.1 Å². The molecular weight excluding hydrogens is 461 g/mol. The van der Waals surface area contributed by atoms with Crippen LogP contribution in [0.15, 0.2) is 42.5 Å². The number of benzene rings is 2. The van der Waals surface area contributed by atoms with Crippen molar-refractivity contribution in [3.05, 3.63) is 77.6 Å². The number of unbranched alkanes of at least 4 members (excludes halogenated alkanes) is 5. The molecule has 0 spiro atoms. The molecule has 2 aromatic carbocycles. The maximum Gasteiger partial charge on any atom is -0.288 e. The van der Waals surface area contributed by atoms with E-state index in [0.717, 1.165) is 6.42 Å². The molecule has 0 atom stereocenters. The van der Waals surface area contributed by atoms with Crippen molar-refractivity contribution < 1.29 is 39.1 Å². The Bertz CT molecular complexity index is 436. The molecule has 0 fully saturated rings. The van der Waals surface area contributed by atoms with Crippen LogP contribution in [0.5, 0.6) is 0 Å². The van der Waals surface area contributed by atoms with Gasteiger partial charge in [-0.2, -0.15) is 24.6 Å². The third-order valence-electron chi connectivity index (χ3n) is 2.63. The van der Waals surface area contributed by atoms with Gasteiger partial charge in [0.1, 0.15) is 0 Å². The first kappa shape index (κ1) is 30.4. The minimum Gasteiger partial charge on any atom is -0.319 e. The van der Waals surface area contributed by atoms with Crippen LogP contribution in [-0.2, 0) is 39.1 Å². The van der Waals surface area contributed by atoms with Crippen molar-refractivity contribution in [2.24, 2.45) is 0 Å². The van der Waals surface area contributed by atoms with E-state index in [1.165, 1.54) is 32.1 Å². The molecule has 2 aromatic rings. The van der Waals surface area contributed by atoms with Gasteiger partial charge in [0.2, 0.25) is 0 Å². The Morgan fingerprint density at radius 2 is 1.27 bits per heavy atom. The Morgan fingerprint density at radius 1 is 0.846 bits per heavy atom. The summed E-state index contributed by atoms with van der Waals surface area (Å²) < 4.78 is 15.9. The number of rotatable bonds is 5. The van der Waals surface area contributed by atoms with Gasteiger partial charge in [0.25, 0.3) is 0 Å². The van der Waals surface area contributed by atoms with E-state index in [2.05, 4.69) is 63.4 Å². The molecular formula is C20H24Cl2Co2O2-4. The first-order valence-corrected chi connectivity index (χ1v) is 9.53. The van der Waals surface area contributed by atoms with Crippen molar-refractivity contribution in [1.29, 1.82) is 0 Å². The minimum atomic E-state index is 0.553. The molecule has 0 heterocycles. The van der Waals surface area contributed by atoms with Crippen molar-refractivity contribution in [2.75, 3.05) is 0 Å². The molecule has 152 valence electrons. The summed E-state index contributed by atoms with van der Waals surface area (Å²) in [7, 11) is 0. The topological polar surface area (TPSA) is 34.1 Å². The maximum absolute atomic E-state index is 7.94. The fraction of sp³-hybridized carbons (Fsp3) is 0.350. The first-order valence-electron chi connectivity index (χ1n) is 7.92. The van der Waals surface area contributed by atoms with Crippen LogP contribution in [0.25, 0.3) is 0 Å².